The van der Waals surface area contributed by atoms with Gasteiger partial charge in [0.15, 0.2) is 0 Å². The molecule has 2 aromatic heterocycles. The highest BCUT2D eigenvalue weighted by molar-refractivity contribution is 7.92. The van der Waals surface area contributed by atoms with Crippen LogP contribution in [0.2, 0.25) is 0 Å². The molecule has 2 N–H and O–H groups in total. The van der Waals surface area contributed by atoms with Crippen LogP contribution in [0.15, 0.2) is 30.5 Å². The van der Waals surface area contributed by atoms with Gasteiger partial charge in [-0.3, -0.25) is 9.52 Å². The van der Waals surface area contributed by atoms with Crippen LogP contribution in [0.1, 0.15) is 29.7 Å². The van der Waals surface area contributed by atoms with E-state index < -0.39 is 27.8 Å². The van der Waals surface area contributed by atoms with Gasteiger partial charge in [-0.15, -0.1) is 0 Å². The number of hydrogen-bond donors (Lipinski definition) is 2. The topological polar surface area (TPSA) is 114 Å². The van der Waals surface area contributed by atoms with E-state index in [-0.39, 0.29) is 24.1 Å². The molecule has 1 aliphatic heterocycles. The van der Waals surface area contributed by atoms with E-state index in [1.54, 1.807) is 17.9 Å². The van der Waals surface area contributed by atoms with Crippen LogP contribution in [0.5, 0.6) is 0 Å². The first-order valence-electron chi connectivity index (χ1n) is 10.1. The van der Waals surface area contributed by atoms with Crippen molar-refractivity contribution in [2.24, 2.45) is 0 Å². The number of nitrogens with zero attached hydrogens (tertiary/aromatic N) is 3. The average Bonchev–Trinajstić information content (AvgIpc) is 2.76. The zero-order chi connectivity index (χ0) is 24.2. The second-order valence-corrected chi connectivity index (χ2v) is 9.32. The molecule has 180 valence electrons. The molecule has 0 spiro atoms. The molecule has 3 heterocycles. The van der Waals surface area contributed by atoms with E-state index >= 15 is 0 Å². The van der Waals surface area contributed by atoms with Gasteiger partial charge in [-0.05, 0) is 24.6 Å². The Balaban J connectivity index is 1.72. The SMILES string of the molecule is CC(C(=O)NCc1ccc(C(F)(F)F)nc1N1CCOCC1)c1ccc(NS(C)(=O)=O)nc1. The smallest absolute Gasteiger partial charge is 0.378 e. The number of rotatable bonds is 7. The monoisotopic (exact) mass is 487 g/mol. The Labute approximate surface area is 189 Å². The summed E-state index contributed by atoms with van der Waals surface area (Å²) in [5.41, 5.74) is 0.00285. The standard InChI is InChI=1S/C20H24F3N5O4S/c1-13(14-4-6-17(24-11-14)27-33(2,30)31)19(29)25-12-15-3-5-16(20(21,22)23)26-18(15)28-7-9-32-10-8-28/h3-6,11,13H,7-10,12H2,1-2H3,(H,24,27)(H,25,29). The minimum absolute atomic E-state index is 0.0118. The van der Waals surface area contributed by atoms with Crippen molar-refractivity contribution in [2.45, 2.75) is 25.6 Å². The number of hydrogen-bond acceptors (Lipinski definition) is 7. The van der Waals surface area contributed by atoms with Gasteiger partial charge in [-0.2, -0.15) is 13.2 Å². The summed E-state index contributed by atoms with van der Waals surface area (Å²) >= 11 is 0. The number of alkyl halides is 3. The lowest BCUT2D eigenvalue weighted by atomic mass is 10.0. The number of halogens is 3. The van der Waals surface area contributed by atoms with Crippen molar-refractivity contribution < 1.29 is 31.1 Å². The Morgan fingerprint density at radius 1 is 1.21 bits per heavy atom. The van der Waals surface area contributed by atoms with Crippen LogP contribution in [0.3, 0.4) is 0 Å². The predicted octanol–water partition coefficient (Wildman–Crippen LogP) is 2.12. The van der Waals surface area contributed by atoms with Crippen molar-refractivity contribution >= 4 is 27.6 Å². The lowest BCUT2D eigenvalue weighted by molar-refractivity contribution is -0.141. The van der Waals surface area contributed by atoms with Crippen LogP contribution in [0, 0.1) is 0 Å². The molecule has 0 bridgehead atoms. The predicted molar refractivity (Wildman–Crippen MR) is 115 cm³/mol. The minimum Gasteiger partial charge on any atom is -0.378 e. The molecule has 0 aliphatic carbocycles. The van der Waals surface area contributed by atoms with Gasteiger partial charge >= 0.3 is 6.18 Å². The summed E-state index contributed by atoms with van der Waals surface area (Å²) in [6.07, 6.45) is -2.20. The fourth-order valence-corrected chi connectivity index (χ4v) is 3.72. The van der Waals surface area contributed by atoms with Crippen LogP contribution >= 0.6 is 0 Å². The first-order chi connectivity index (χ1) is 15.4. The number of carbonyl (C=O) groups is 1. The van der Waals surface area contributed by atoms with Crippen LogP contribution < -0.4 is 14.9 Å². The van der Waals surface area contributed by atoms with Crippen molar-refractivity contribution in [2.75, 3.05) is 42.2 Å². The number of pyridine rings is 2. The molecular formula is C20H24F3N5O4S. The molecular weight excluding hydrogens is 463 g/mol. The van der Waals surface area contributed by atoms with Crippen molar-refractivity contribution in [3.63, 3.8) is 0 Å². The van der Waals surface area contributed by atoms with Gasteiger partial charge in [0.2, 0.25) is 15.9 Å². The number of amides is 1. The quantitative estimate of drug-likeness (QED) is 0.615. The maximum Gasteiger partial charge on any atom is 0.433 e. The molecule has 1 saturated heterocycles. The average molecular weight is 488 g/mol. The second-order valence-electron chi connectivity index (χ2n) is 7.57. The molecule has 1 amide bonds. The molecule has 0 radical (unpaired) electrons. The third-order valence-electron chi connectivity index (χ3n) is 4.98. The molecule has 1 unspecified atom stereocenters. The molecule has 1 atom stereocenters. The fourth-order valence-electron chi connectivity index (χ4n) is 3.22. The molecule has 1 aliphatic rings. The van der Waals surface area contributed by atoms with E-state index in [1.807, 2.05) is 0 Å². The summed E-state index contributed by atoms with van der Waals surface area (Å²) < 4.78 is 69.6. The van der Waals surface area contributed by atoms with Gasteiger partial charge in [0.25, 0.3) is 0 Å². The number of sulfonamides is 1. The highest BCUT2D eigenvalue weighted by Gasteiger charge is 2.34. The van der Waals surface area contributed by atoms with Gasteiger partial charge in [0.05, 0.1) is 25.4 Å². The molecule has 0 aromatic carbocycles. The summed E-state index contributed by atoms with van der Waals surface area (Å²) in [6.45, 7) is 3.16. The van der Waals surface area contributed by atoms with E-state index in [4.69, 9.17) is 4.74 Å². The first-order valence-corrected chi connectivity index (χ1v) is 11.9. The zero-order valence-electron chi connectivity index (χ0n) is 18.0. The van der Waals surface area contributed by atoms with Crippen LogP contribution in [0.4, 0.5) is 24.8 Å². The van der Waals surface area contributed by atoms with Crippen LogP contribution in [-0.2, 0) is 32.3 Å². The molecule has 13 heteroatoms. The molecule has 33 heavy (non-hydrogen) atoms. The van der Waals surface area contributed by atoms with Gasteiger partial charge in [-0.1, -0.05) is 12.1 Å². The Morgan fingerprint density at radius 2 is 1.91 bits per heavy atom. The van der Waals surface area contributed by atoms with E-state index in [1.165, 1.54) is 18.3 Å². The maximum absolute atomic E-state index is 13.2. The fraction of sp³-hybridized carbons (Fsp3) is 0.450. The second kappa shape index (κ2) is 9.91. The molecule has 9 nitrogen and oxygen atoms in total. The van der Waals surface area contributed by atoms with Gasteiger partial charge in [-0.25, -0.2) is 18.4 Å². The van der Waals surface area contributed by atoms with Crippen LogP contribution in [-0.4, -0.2) is 56.9 Å². The number of morpholine rings is 1. The lowest BCUT2D eigenvalue weighted by Gasteiger charge is -2.30. The number of carbonyl (C=O) groups excluding carboxylic acids is 1. The highest BCUT2D eigenvalue weighted by atomic mass is 32.2. The number of aromatic nitrogens is 2. The van der Waals surface area contributed by atoms with Gasteiger partial charge < -0.3 is 15.0 Å². The van der Waals surface area contributed by atoms with E-state index in [0.29, 0.717) is 37.4 Å². The van der Waals surface area contributed by atoms with Crippen molar-refractivity contribution in [3.8, 4) is 0 Å². The summed E-state index contributed by atoms with van der Waals surface area (Å²) in [5, 5.41) is 2.73. The summed E-state index contributed by atoms with van der Waals surface area (Å²) in [4.78, 5) is 22.2. The zero-order valence-corrected chi connectivity index (χ0v) is 18.8. The Kier molecular flexibility index (Phi) is 7.42. The van der Waals surface area contributed by atoms with Crippen molar-refractivity contribution in [3.05, 3.63) is 47.3 Å². The number of anilines is 2. The Bertz CT molecular complexity index is 1090. The van der Waals surface area contributed by atoms with Crippen molar-refractivity contribution in [1.29, 1.82) is 0 Å². The highest BCUT2D eigenvalue weighted by Crippen LogP contribution is 2.31. The molecule has 1 fully saturated rings. The minimum atomic E-state index is -4.58. The first kappa shape index (κ1) is 24.7. The molecule has 0 saturated carbocycles. The summed E-state index contributed by atoms with van der Waals surface area (Å²) in [7, 11) is -3.47. The largest absolute Gasteiger partial charge is 0.433 e. The van der Waals surface area contributed by atoms with Crippen molar-refractivity contribution in [1.82, 2.24) is 15.3 Å². The normalized spacial score (nSPS) is 15.7. The summed E-state index contributed by atoms with van der Waals surface area (Å²) in [5.74, 6) is -0.703. The van der Waals surface area contributed by atoms with E-state index in [0.717, 1.165) is 12.3 Å². The molecule has 2 aromatic rings. The van der Waals surface area contributed by atoms with Crippen LogP contribution in [0.25, 0.3) is 0 Å². The Morgan fingerprint density at radius 3 is 2.48 bits per heavy atom. The number of ether oxygens (including phenoxy) is 1. The molecule has 3 rings (SSSR count). The lowest BCUT2D eigenvalue weighted by Crippen LogP contribution is -2.38. The maximum atomic E-state index is 13.2. The Hall–Kier alpha value is -2.93. The third kappa shape index (κ3) is 6.78. The summed E-state index contributed by atoms with van der Waals surface area (Å²) in [6, 6.07) is 5.23. The van der Waals surface area contributed by atoms with Gasteiger partial charge in [0.1, 0.15) is 17.3 Å². The van der Waals surface area contributed by atoms with Gasteiger partial charge in [0, 0.05) is 31.4 Å². The number of nitrogens with one attached hydrogen (secondary N) is 2. The third-order valence-corrected chi connectivity index (χ3v) is 5.56. The van der Waals surface area contributed by atoms with E-state index in [2.05, 4.69) is 20.0 Å². The van der Waals surface area contributed by atoms with E-state index in [9.17, 15) is 26.4 Å².